The van der Waals surface area contributed by atoms with E-state index in [0.717, 1.165) is 17.7 Å². The van der Waals surface area contributed by atoms with Gasteiger partial charge in [-0.1, -0.05) is 56.3 Å². The van der Waals surface area contributed by atoms with Crippen molar-refractivity contribution in [2.75, 3.05) is 18.1 Å². The smallest absolute Gasteiger partial charge is 0.277 e. The van der Waals surface area contributed by atoms with Crippen molar-refractivity contribution < 1.29 is 18.6 Å². The van der Waals surface area contributed by atoms with E-state index in [1.165, 1.54) is 37.6 Å². The maximum Gasteiger partial charge on any atom is 0.277 e. The summed E-state index contributed by atoms with van der Waals surface area (Å²) in [5.41, 5.74) is 0.751. The summed E-state index contributed by atoms with van der Waals surface area (Å²) in [7, 11) is 0.688. The van der Waals surface area contributed by atoms with Crippen LogP contribution in [0.15, 0.2) is 45.4 Å². The van der Waals surface area contributed by atoms with Crippen LogP contribution in [0.25, 0.3) is 5.76 Å². The van der Waals surface area contributed by atoms with Crippen LogP contribution < -0.4 is 5.32 Å². The first-order valence-corrected chi connectivity index (χ1v) is 12.8. The third-order valence-electron chi connectivity index (χ3n) is 4.96. The van der Waals surface area contributed by atoms with Gasteiger partial charge in [0.15, 0.2) is 23.0 Å². The third-order valence-corrected chi connectivity index (χ3v) is 7.32. The van der Waals surface area contributed by atoms with Crippen molar-refractivity contribution >= 4 is 40.2 Å². The quantitative estimate of drug-likeness (QED) is 0.353. The van der Waals surface area contributed by atoms with Crippen molar-refractivity contribution in [3.63, 3.8) is 0 Å². The molecule has 0 saturated carbocycles. The van der Waals surface area contributed by atoms with Crippen LogP contribution >= 0.6 is 11.9 Å². The average molecular weight is 464 g/mol. The Kier molecular flexibility index (Phi) is 8.60. The normalized spacial score (nSPS) is 14.5. The van der Waals surface area contributed by atoms with Gasteiger partial charge in [-0.15, -0.1) is 0 Å². The molecular weight excluding hydrogens is 434 g/mol. The standard InChI is InChI=1S/C22H29N3O4S2/c1-3-4-5-6-7-10-13-31(28)15-16-14-19(24-29-16)23-22(27)20-21(26)17-11-8-9-12-18(17)30-25(20)2/h8-9,11-12,14,26H,3-7,10,13,15H2,1-2H3,(H,23,24,27). The van der Waals surface area contributed by atoms with Gasteiger partial charge in [-0.3, -0.25) is 9.00 Å². The fourth-order valence-corrected chi connectivity index (χ4v) is 5.43. The van der Waals surface area contributed by atoms with E-state index in [0.29, 0.717) is 17.1 Å². The van der Waals surface area contributed by atoms with Crippen LogP contribution in [0.3, 0.4) is 0 Å². The predicted octanol–water partition coefficient (Wildman–Crippen LogP) is 5.10. The number of rotatable bonds is 11. The number of aromatic nitrogens is 1. The first kappa shape index (κ1) is 23.4. The Morgan fingerprint density at radius 2 is 1.97 bits per heavy atom. The number of aliphatic hydroxyl groups is 1. The van der Waals surface area contributed by atoms with Crippen LogP contribution in [0.1, 0.15) is 56.8 Å². The van der Waals surface area contributed by atoms with Crippen LogP contribution in [0.2, 0.25) is 0 Å². The van der Waals surface area contributed by atoms with Crippen LogP contribution in [0, 0.1) is 0 Å². The number of aliphatic hydroxyl groups excluding tert-OH is 1. The average Bonchev–Trinajstić information content (AvgIpc) is 3.17. The fraction of sp³-hybridized carbons (Fsp3) is 0.455. The monoisotopic (exact) mass is 463 g/mol. The second kappa shape index (κ2) is 11.4. The second-order valence-electron chi connectivity index (χ2n) is 7.47. The summed E-state index contributed by atoms with van der Waals surface area (Å²) in [6.07, 6.45) is 6.92. The number of amides is 1. The van der Waals surface area contributed by atoms with Gasteiger partial charge >= 0.3 is 0 Å². The van der Waals surface area contributed by atoms with E-state index < -0.39 is 16.7 Å². The van der Waals surface area contributed by atoms with Crippen molar-refractivity contribution in [1.29, 1.82) is 0 Å². The Morgan fingerprint density at radius 1 is 1.23 bits per heavy atom. The minimum atomic E-state index is -1.03. The topological polar surface area (TPSA) is 95.7 Å². The molecule has 0 radical (unpaired) electrons. The highest BCUT2D eigenvalue weighted by Gasteiger charge is 2.28. The summed E-state index contributed by atoms with van der Waals surface area (Å²) >= 11 is 1.36. The minimum Gasteiger partial charge on any atom is -0.505 e. The lowest BCUT2D eigenvalue weighted by Gasteiger charge is -2.27. The molecule has 168 valence electrons. The maximum absolute atomic E-state index is 12.8. The molecule has 7 nitrogen and oxygen atoms in total. The van der Waals surface area contributed by atoms with Gasteiger partial charge in [0.1, 0.15) is 0 Å². The molecule has 2 aromatic rings. The Balaban J connectivity index is 1.54. The molecule has 0 bridgehead atoms. The molecule has 1 atom stereocenters. The highest BCUT2D eigenvalue weighted by atomic mass is 32.2. The zero-order valence-electron chi connectivity index (χ0n) is 17.9. The maximum atomic E-state index is 12.8. The van der Waals surface area contributed by atoms with Crippen molar-refractivity contribution in [2.45, 2.75) is 56.1 Å². The molecule has 0 fully saturated rings. The Hall–Kier alpha value is -2.26. The van der Waals surface area contributed by atoms with Gasteiger partial charge in [0.2, 0.25) is 0 Å². The second-order valence-corrected chi connectivity index (χ2v) is 10.2. The van der Waals surface area contributed by atoms with Crippen molar-refractivity contribution in [3.05, 3.63) is 47.4 Å². The summed E-state index contributed by atoms with van der Waals surface area (Å²) in [4.78, 5) is 13.6. The van der Waals surface area contributed by atoms with Gasteiger partial charge in [0.05, 0.1) is 5.75 Å². The summed E-state index contributed by atoms with van der Waals surface area (Å²) in [6.45, 7) is 2.19. The van der Waals surface area contributed by atoms with Gasteiger partial charge in [0, 0.05) is 40.1 Å². The molecule has 1 aromatic carbocycles. The molecule has 2 N–H and O–H groups in total. The number of nitrogens with one attached hydrogen (secondary N) is 1. The molecule has 1 aliphatic heterocycles. The summed E-state index contributed by atoms with van der Waals surface area (Å²) in [6, 6.07) is 8.93. The highest BCUT2D eigenvalue weighted by Crippen LogP contribution is 2.38. The SMILES string of the molecule is CCCCCCCCS(=O)Cc1cc(NC(=O)C2=C(O)c3ccccc3SN2C)no1. The molecule has 0 aliphatic carbocycles. The lowest BCUT2D eigenvalue weighted by Crippen LogP contribution is -2.27. The van der Waals surface area contributed by atoms with E-state index >= 15 is 0 Å². The van der Waals surface area contributed by atoms with Gasteiger partial charge in [0.25, 0.3) is 5.91 Å². The van der Waals surface area contributed by atoms with E-state index in [1.54, 1.807) is 23.5 Å². The van der Waals surface area contributed by atoms with Crippen LogP contribution in [-0.2, 0) is 21.3 Å². The summed E-state index contributed by atoms with van der Waals surface area (Å²) in [5.74, 6) is 1.03. The van der Waals surface area contributed by atoms with Crippen LogP contribution in [0.4, 0.5) is 5.82 Å². The fourth-order valence-electron chi connectivity index (χ4n) is 3.35. The molecule has 0 saturated heterocycles. The number of benzene rings is 1. The van der Waals surface area contributed by atoms with E-state index in [-0.39, 0.29) is 23.0 Å². The van der Waals surface area contributed by atoms with Gasteiger partial charge in [-0.2, -0.15) is 0 Å². The Labute approximate surface area is 189 Å². The van der Waals surface area contributed by atoms with Crippen molar-refractivity contribution in [2.24, 2.45) is 0 Å². The lowest BCUT2D eigenvalue weighted by molar-refractivity contribution is -0.113. The number of fused-ring (bicyclic) bond motifs is 1. The van der Waals surface area contributed by atoms with E-state index in [4.69, 9.17) is 4.52 Å². The number of unbranched alkanes of at least 4 members (excludes halogenated alkanes) is 5. The predicted molar refractivity (Wildman–Crippen MR) is 125 cm³/mol. The van der Waals surface area contributed by atoms with Crippen LogP contribution in [-0.4, -0.2) is 37.5 Å². The van der Waals surface area contributed by atoms with E-state index in [2.05, 4.69) is 17.4 Å². The summed E-state index contributed by atoms with van der Waals surface area (Å²) < 4.78 is 19.1. The summed E-state index contributed by atoms with van der Waals surface area (Å²) in [5, 5.41) is 17.1. The Morgan fingerprint density at radius 3 is 2.77 bits per heavy atom. The minimum absolute atomic E-state index is 0.0851. The first-order valence-electron chi connectivity index (χ1n) is 10.6. The van der Waals surface area contributed by atoms with Crippen LogP contribution in [0.5, 0.6) is 0 Å². The van der Waals surface area contributed by atoms with Gasteiger partial charge in [-0.25, -0.2) is 0 Å². The Bertz CT molecular complexity index is 958. The molecule has 1 amide bonds. The molecule has 0 spiro atoms. The number of likely N-dealkylation sites (N-methyl/N-ethyl adjacent to an activating group) is 1. The van der Waals surface area contributed by atoms with E-state index in [9.17, 15) is 14.1 Å². The van der Waals surface area contributed by atoms with Gasteiger partial charge < -0.3 is 19.3 Å². The van der Waals surface area contributed by atoms with Crippen molar-refractivity contribution in [3.8, 4) is 0 Å². The van der Waals surface area contributed by atoms with Crippen molar-refractivity contribution in [1.82, 2.24) is 9.46 Å². The number of hydrogen-bond acceptors (Lipinski definition) is 7. The number of anilines is 1. The number of carbonyl (C=O) groups excluding carboxylic acids is 1. The molecule has 3 rings (SSSR count). The first-order chi connectivity index (χ1) is 15.0. The molecule has 9 heteroatoms. The van der Waals surface area contributed by atoms with E-state index in [1.807, 2.05) is 18.2 Å². The molecule has 1 aliphatic rings. The lowest BCUT2D eigenvalue weighted by atomic mass is 10.1. The highest BCUT2D eigenvalue weighted by molar-refractivity contribution is 7.97. The number of carbonyl (C=O) groups is 1. The van der Waals surface area contributed by atoms with Gasteiger partial charge in [-0.05, 0) is 30.5 Å². The molecule has 2 heterocycles. The molecular formula is C22H29N3O4S2. The zero-order valence-corrected chi connectivity index (χ0v) is 19.6. The third kappa shape index (κ3) is 6.36. The number of hydrogen-bond donors (Lipinski definition) is 2. The zero-order chi connectivity index (χ0) is 22.2. The largest absolute Gasteiger partial charge is 0.505 e. The molecule has 1 unspecified atom stereocenters. The molecule has 31 heavy (non-hydrogen) atoms. The molecule has 1 aromatic heterocycles. The number of nitrogens with zero attached hydrogens (tertiary/aromatic N) is 2.